The second-order valence-electron chi connectivity index (χ2n) is 4.11. The summed E-state index contributed by atoms with van der Waals surface area (Å²) in [6, 6.07) is 4.35. The van der Waals surface area contributed by atoms with E-state index in [9.17, 15) is 13.6 Å². The number of aryl methyl sites for hydroxylation is 1. The first-order valence-corrected chi connectivity index (χ1v) is 5.50. The van der Waals surface area contributed by atoms with Gasteiger partial charge in [0.05, 0.1) is 5.69 Å². The van der Waals surface area contributed by atoms with Gasteiger partial charge in [-0.2, -0.15) is 5.10 Å². The zero-order chi connectivity index (χ0) is 13.3. The Labute approximate surface area is 103 Å². The first-order chi connectivity index (χ1) is 8.49. The van der Waals surface area contributed by atoms with Crippen LogP contribution in [0.1, 0.15) is 29.0 Å². The minimum Gasteiger partial charge on any atom is -0.292 e. The fourth-order valence-electron chi connectivity index (χ4n) is 1.66. The van der Waals surface area contributed by atoms with Crippen LogP contribution >= 0.6 is 0 Å². The molecule has 0 bridgehead atoms. The van der Waals surface area contributed by atoms with E-state index < -0.39 is 17.7 Å². The van der Waals surface area contributed by atoms with Gasteiger partial charge in [0.25, 0.3) is 0 Å². The number of Topliss-reactive ketones (excluding diaryl/α,β-unsaturated/α-hetero) is 1. The minimum atomic E-state index is -1.02. The summed E-state index contributed by atoms with van der Waals surface area (Å²) in [5.41, 5.74) is 0.925. The summed E-state index contributed by atoms with van der Waals surface area (Å²) in [6.07, 6.45) is 1.68. The van der Waals surface area contributed by atoms with E-state index in [1.54, 1.807) is 19.2 Å². The van der Waals surface area contributed by atoms with Crippen molar-refractivity contribution in [2.75, 3.05) is 0 Å². The first kappa shape index (κ1) is 12.4. The van der Waals surface area contributed by atoms with E-state index in [1.807, 2.05) is 6.92 Å². The number of aromatic nitrogens is 2. The van der Waals surface area contributed by atoms with Gasteiger partial charge in [0, 0.05) is 11.8 Å². The van der Waals surface area contributed by atoms with E-state index in [4.69, 9.17) is 0 Å². The largest absolute Gasteiger partial charge is 0.292 e. The molecule has 1 heterocycles. The molecule has 1 atom stereocenters. The zero-order valence-electron chi connectivity index (χ0n) is 10.0. The molecule has 3 nitrogen and oxygen atoms in total. The number of nitrogens with zero attached hydrogens (tertiary/aromatic N) is 2. The molecule has 1 unspecified atom stereocenters. The molecule has 0 saturated carbocycles. The number of rotatable bonds is 3. The van der Waals surface area contributed by atoms with Crippen molar-refractivity contribution < 1.29 is 13.6 Å². The molecular formula is C13H12F2N2O. The maximum atomic E-state index is 13.1. The highest BCUT2D eigenvalue weighted by molar-refractivity contribution is 5.98. The molecule has 0 fully saturated rings. The van der Waals surface area contributed by atoms with Crippen LogP contribution < -0.4 is 0 Å². The van der Waals surface area contributed by atoms with Crippen LogP contribution in [0.4, 0.5) is 8.78 Å². The van der Waals surface area contributed by atoms with Gasteiger partial charge in [-0.15, -0.1) is 0 Å². The molecule has 0 aliphatic carbocycles. The summed E-state index contributed by atoms with van der Waals surface area (Å²) in [5, 5.41) is 4.13. The molecule has 1 aromatic carbocycles. The lowest BCUT2D eigenvalue weighted by Crippen LogP contribution is -2.17. The molecular weight excluding hydrogens is 238 g/mol. The minimum absolute atomic E-state index is 0.134. The quantitative estimate of drug-likeness (QED) is 0.785. The highest BCUT2D eigenvalue weighted by atomic mass is 19.2. The van der Waals surface area contributed by atoms with Crippen LogP contribution in [-0.2, 0) is 0 Å². The number of carbonyl (C=O) groups is 1. The van der Waals surface area contributed by atoms with E-state index in [1.165, 1.54) is 10.7 Å². The van der Waals surface area contributed by atoms with Crippen LogP contribution in [0.25, 0.3) is 0 Å². The van der Waals surface area contributed by atoms with Gasteiger partial charge in [0.2, 0.25) is 0 Å². The lowest BCUT2D eigenvalue weighted by molar-refractivity contribution is 0.0927. The summed E-state index contributed by atoms with van der Waals surface area (Å²) in [6.45, 7) is 3.47. The van der Waals surface area contributed by atoms with Gasteiger partial charge in [-0.3, -0.25) is 9.48 Å². The fourth-order valence-corrected chi connectivity index (χ4v) is 1.66. The first-order valence-electron chi connectivity index (χ1n) is 5.50. The highest BCUT2D eigenvalue weighted by Gasteiger charge is 2.18. The van der Waals surface area contributed by atoms with Crippen LogP contribution in [0, 0.1) is 18.6 Å². The molecule has 18 heavy (non-hydrogen) atoms. The second-order valence-corrected chi connectivity index (χ2v) is 4.11. The molecule has 0 aliphatic rings. The molecule has 0 N–H and O–H groups in total. The Morgan fingerprint density at radius 3 is 2.56 bits per heavy atom. The summed E-state index contributed by atoms with van der Waals surface area (Å²) >= 11 is 0. The van der Waals surface area contributed by atoms with Crippen molar-refractivity contribution in [1.29, 1.82) is 0 Å². The van der Waals surface area contributed by atoms with Crippen LogP contribution in [0.3, 0.4) is 0 Å². The number of hydrogen-bond acceptors (Lipinski definition) is 2. The van der Waals surface area contributed by atoms with Gasteiger partial charge in [-0.25, -0.2) is 8.78 Å². The van der Waals surface area contributed by atoms with E-state index in [0.29, 0.717) is 0 Å². The van der Waals surface area contributed by atoms with Crippen LogP contribution in [0.5, 0.6) is 0 Å². The smallest absolute Gasteiger partial charge is 0.187 e. The maximum absolute atomic E-state index is 13.1. The Morgan fingerprint density at radius 2 is 2.00 bits per heavy atom. The summed E-state index contributed by atoms with van der Waals surface area (Å²) in [7, 11) is 0. The molecule has 0 aliphatic heterocycles. The highest BCUT2D eigenvalue weighted by Crippen LogP contribution is 2.16. The molecule has 5 heteroatoms. The SMILES string of the molecule is Cc1ccn(C(C)C(=O)c2ccc(F)c(F)c2)n1. The van der Waals surface area contributed by atoms with Crippen molar-refractivity contribution in [3.05, 3.63) is 53.4 Å². The number of ketones is 1. The standard InChI is InChI=1S/C13H12F2N2O/c1-8-5-6-17(16-8)9(2)13(18)10-3-4-11(14)12(15)7-10/h3-7,9H,1-2H3. The van der Waals surface area contributed by atoms with Crippen molar-refractivity contribution in [2.45, 2.75) is 19.9 Å². The average Bonchev–Trinajstić information content (AvgIpc) is 2.77. The van der Waals surface area contributed by atoms with Crippen molar-refractivity contribution in [3.8, 4) is 0 Å². The van der Waals surface area contributed by atoms with E-state index >= 15 is 0 Å². The predicted octanol–water partition coefficient (Wildman–Crippen LogP) is 2.91. The average molecular weight is 250 g/mol. The summed E-state index contributed by atoms with van der Waals surface area (Å²) < 4.78 is 27.3. The Balaban J connectivity index is 2.28. The molecule has 1 aromatic heterocycles. The fraction of sp³-hybridized carbons (Fsp3) is 0.231. The lowest BCUT2D eigenvalue weighted by atomic mass is 10.1. The number of halogens is 2. The topological polar surface area (TPSA) is 34.9 Å². The lowest BCUT2D eigenvalue weighted by Gasteiger charge is -2.11. The van der Waals surface area contributed by atoms with Gasteiger partial charge < -0.3 is 0 Å². The molecule has 0 saturated heterocycles. The molecule has 2 aromatic rings. The predicted molar refractivity (Wildman–Crippen MR) is 62.4 cm³/mol. The van der Waals surface area contributed by atoms with Gasteiger partial charge in [-0.1, -0.05) is 0 Å². The zero-order valence-corrected chi connectivity index (χ0v) is 10.0. The Kier molecular flexibility index (Phi) is 3.23. The van der Waals surface area contributed by atoms with Crippen molar-refractivity contribution >= 4 is 5.78 Å². The molecule has 0 spiro atoms. The molecule has 0 radical (unpaired) electrons. The van der Waals surface area contributed by atoms with Gasteiger partial charge in [-0.05, 0) is 38.1 Å². The number of benzene rings is 1. The molecule has 2 rings (SSSR count). The van der Waals surface area contributed by atoms with Gasteiger partial charge in [0.1, 0.15) is 6.04 Å². The van der Waals surface area contributed by atoms with E-state index in [-0.39, 0.29) is 11.3 Å². The van der Waals surface area contributed by atoms with E-state index in [2.05, 4.69) is 5.10 Å². The van der Waals surface area contributed by atoms with Crippen molar-refractivity contribution in [1.82, 2.24) is 9.78 Å². The van der Waals surface area contributed by atoms with Crippen LogP contribution in [0.2, 0.25) is 0 Å². The third-order valence-corrected chi connectivity index (χ3v) is 2.72. The third kappa shape index (κ3) is 2.30. The Bertz CT molecular complexity index is 592. The van der Waals surface area contributed by atoms with E-state index in [0.717, 1.165) is 17.8 Å². The summed E-state index contributed by atoms with van der Waals surface area (Å²) in [5.74, 6) is -2.30. The van der Waals surface area contributed by atoms with Crippen molar-refractivity contribution in [2.24, 2.45) is 0 Å². The molecule has 0 amide bonds. The second kappa shape index (κ2) is 4.68. The monoisotopic (exact) mass is 250 g/mol. The van der Waals surface area contributed by atoms with Crippen LogP contribution in [-0.4, -0.2) is 15.6 Å². The maximum Gasteiger partial charge on any atom is 0.187 e. The number of hydrogen-bond donors (Lipinski definition) is 0. The Morgan fingerprint density at radius 1 is 1.28 bits per heavy atom. The number of carbonyl (C=O) groups excluding carboxylic acids is 1. The van der Waals surface area contributed by atoms with Crippen molar-refractivity contribution in [3.63, 3.8) is 0 Å². The van der Waals surface area contributed by atoms with Crippen LogP contribution in [0.15, 0.2) is 30.5 Å². The normalized spacial score (nSPS) is 12.4. The van der Waals surface area contributed by atoms with Gasteiger partial charge >= 0.3 is 0 Å². The third-order valence-electron chi connectivity index (χ3n) is 2.72. The summed E-state index contributed by atoms with van der Waals surface area (Å²) in [4.78, 5) is 12.1. The molecule has 94 valence electrons. The van der Waals surface area contributed by atoms with Gasteiger partial charge in [0.15, 0.2) is 17.4 Å². The Hall–Kier alpha value is -2.04.